The Morgan fingerprint density at radius 2 is 2.30 bits per heavy atom. The van der Waals surface area contributed by atoms with Gasteiger partial charge in [0.25, 0.3) is 0 Å². The quantitative estimate of drug-likeness (QED) is 0.821. The summed E-state index contributed by atoms with van der Waals surface area (Å²) in [6, 6.07) is 6.10. The molecule has 1 unspecified atom stereocenters. The van der Waals surface area contributed by atoms with Gasteiger partial charge < -0.3 is 10.6 Å². The zero-order chi connectivity index (χ0) is 13.7. The molecule has 0 bridgehead atoms. The Labute approximate surface area is 139 Å². The molecule has 20 heavy (non-hydrogen) atoms. The van der Waals surface area contributed by atoms with E-state index >= 15 is 0 Å². The van der Waals surface area contributed by atoms with Crippen LogP contribution in [0, 0.1) is 0 Å². The summed E-state index contributed by atoms with van der Waals surface area (Å²) in [4.78, 5) is 11.8. The Balaban J connectivity index is 0.00000200. The molecule has 1 heterocycles. The highest BCUT2D eigenvalue weighted by Crippen LogP contribution is 2.22. The third-order valence-corrected chi connectivity index (χ3v) is 4.35. The Hall–Kier alpha value is -0.290. The van der Waals surface area contributed by atoms with Crippen LogP contribution in [0.15, 0.2) is 22.7 Å². The molecule has 1 aliphatic rings. The standard InChI is InChI=1S/C14H18BrClN2O.ClH/c15-13-5-4-11(16)8-10(13)3-6-14(19)18-9-12-2-1-7-17-12;/h4-5,8,12,17H,1-3,6-7,9H2,(H,18,19);1H. The zero-order valence-corrected chi connectivity index (χ0v) is 14.3. The van der Waals surface area contributed by atoms with Crippen LogP contribution in [0.3, 0.4) is 0 Å². The lowest BCUT2D eigenvalue weighted by molar-refractivity contribution is -0.121. The molecule has 1 amide bonds. The van der Waals surface area contributed by atoms with Crippen molar-refractivity contribution in [3.63, 3.8) is 0 Å². The highest BCUT2D eigenvalue weighted by atomic mass is 79.9. The predicted molar refractivity (Wildman–Crippen MR) is 88.8 cm³/mol. The molecule has 2 rings (SSSR count). The second kappa shape index (κ2) is 8.88. The fraction of sp³-hybridized carbons (Fsp3) is 0.500. The first-order valence-electron chi connectivity index (χ1n) is 6.59. The normalized spacial score (nSPS) is 17.6. The Kier molecular flexibility index (Phi) is 7.88. The van der Waals surface area contributed by atoms with Gasteiger partial charge in [-0.2, -0.15) is 0 Å². The van der Waals surface area contributed by atoms with Crippen LogP contribution < -0.4 is 10.6 Å². The summed E-state index contributed by atoms with van der Waals surface area (Å²) >= 11 is 9.42. The van der Waals surface area contributed by atoms with Crippen molar-refractivity contribution in [3.05, 3.63) is 33.3 Å². The van der Waals surface area contributed by atoms with Crippen LogP contribution in [-0.4, -0.2) is 25.0 Å². The van der Waals surface area contributed by atoms with Crippen molar-refractivity contribution in [1.82, 2.24) is 10.6 Å². The first kappa shape index (κ1) is 17.8. The maximum Gasteiger partial charge on any atom is 0.220 e. The second-order valence-corrected chi connectivity index (χ2v) is 6.12. The summed E-state index contributed by atoms with van der Waals surface area (Å²) in [7, 11) is 0. The van der Waals surface area contributed by atoms with E-state index in [4.69, 9.17) is 11.6 Å². The van der Waals surface area contributed by atoms with Gasteiger partial charge in [-0.25, -0.2) is 0 Å². The first-order chi connectivity index (χ1) is 9.15. The van der Waals surface area contributed by atoms with Crippen molar-refractivity contribution in [2.75, 3.05) is 13.1 Å². The molecule has 0 radical (unpaired) electrons. The Bertz CT molecular complexity index is 451. The van der Waals surface area contributed by atoms with Gasteiger partial charge in [0, 0.05) is 28.5 Å². The Morgan fingerprint density at radius 3 is 3.00 bits per heavy atom. The molecule has 1 aromatic rings. The molecule has 1 atom stereocenters. The lowest BCUT2D eigenvalue weighted by Gasteiger charge is -2.11. The van der Waals surface area contributed by atoms with Gasteiger partial charge in [0.1, 0.15) is 0 Å². The lowest BCUT2D eigenvalue weighted by Crippen LogP contribution is -2.37. The average Bonchev–Trinajstić information content (AvgIpc) is 2.90. The Morgan fingerprint density at radius 1 is 1.50 bits per heavy atom. The van der Waals surface area contributed by atoms with Crippen LogP contribution in [0.4, 0.5) is 0 Å². The number of nitrogens with one attached hydrogen (secondary N) is 2. The van der Waals surface area contributed by atoms with E-state index in [9.17, 15) is 4.79 Å². The van der Waals surface area contributed by atoms with Crippen LogP contribution in [-0.2, 0) is 11.2 Å². The number of rotatable bonds is 5. The van der Waals surface area contributed by atoms with Crippen LogP contribution in [0.25, 0.3) is 0 Å². The van der Waals surface area contributed by atoms with Gasteiger partial charge in [0.2, 0.25) is 5.91 Å². The lowest BCUT2D eigenvalue weighted by atomic mass is 10.1. The summed E-state index contributed by atoms with van der Waals surface area (Å²) < 4.78 is 1.00. The molecule has 2 N–H and O–H groups in total. The number of amides is 1. The number of halogens is 3. The topological polar surface area (TPSA) is 41.1 Å². The van der Waals surface area contributed by atoms with Gasteiger partial charge in [-0.05, 0) is 49.6 Å². The van der Waals surface area contributed by atoms with Gasteiger partial charge >= 0.3 is 0 Å². The highest BCUT2D eigenvalue weighted by molar-refractivity contribution is 9.10. The van der Waals surface area contributed by atoms with E-state index in [2.05, 4.69) is 26.6 Å². The summed E-state index contributed by atoms with van der Waals surface area (Å²) in [6.45, 7) is 1.80. The van der Waals surface area contributed by atoms with Crippen LogP contribution >= 0.6 is 39.9 Å². The van der Waals surface area contributed by atoms with Crippen molar-refractivity contribution in [2.24, 2.45) is 0 Å². The molecule has 0 aliphatic carbocycles. The van der Waals surface area contributed by atoms with Crippen molar-refractivity contribution >= 4 is 45.8 Å². The molecule has 112 valence electrons. The minimum Gasteiger partial charge on any atom is -0.355 e. The minimum atomic E-state index is 0. The van der Waals surface area contributed by atoms with E-state index in [-0.39, 0.29) is 18.3 Å². The largest absolute Gasteiger partial charge is 0.355 e. The molecule has 3 nitrogen and oxygen atoms in total. The number of aryl methyl sites for hydroxylation is 1. The summed E-state index contributed by atoms with van der Waals surface area (Å²) in [6.07, 6.45) is 3.55. The number of carbonyl (C=O) groups excluding carboxylic acids is 1. The fourth-order valence-electron chi connectivity index (χ4n) is 2.24. The highest BCUT2D eigenvalue weighted by Gasteiger charge is 2.14. The van der Waals surface area contributed by atoms with E-state index < -0.39 is 0 Å². The van der Waals surface area contributed by atoms with Crippen molar-refractivity contribution in [1.29, 1.82) is 0 Å². The third-order valence-electron chi connectivity index (χ3n) is 3.34. The predicted octanol–water partition coefficient (Wildman–Crippen LogP) is 3.33. The van der Waals surface area contributed by atoms with Crippen molar-refractivity contribution in [2.45, 2.75) is 31.7 Å². The van der Waals surface area contributed by atoms with Crippen molar-refractivity contribution < 1.29 is 4.79 Å². The molecule has 1 fully saturated rings. The van der Waals surface area contributed by atoms with E-state index in [0.717, 1.165) is 29.5 Å². The van der Waals surface area contributed by atoms with Gasteiger partial charge in [-0.1, -0.05) is 27.5 Å². The molecule has 1 aromatic carbocycles. The monoisotopic (exact) mass is 380 g/mol. The van der Waals surface area contributed by atoms with Gasteiger partial charge in [-0.15, -0.1) is 12.4 Å². The maximum atomic E-state index is 11.8. The van der Waals surface area contributed by atoms with E-state index in [1.165, 1.54) is 6.42 Å². The van der Waals surface area contributed by atoms with E-state index in [1.54, 1.807) is 0 Å². The zero-order valence-electron chi connectivity index (χ0n) is 11.1. The fourth-order valence-corrected chi connectivity index (χ4v) is 2.88. The van der Waals surface area contributed by atoms with Crippen LogP contribution in [0.1, 0.15) is 24.8 Å². The molecular formula is C14H19BrCl2N2O. The molecule has 1 aliphatic heterocycles. The molecular weight excluding hydrogens is 363 g/mol. The number of carbonyl (C=O) groups is 1. The molecule has 1 saturated heterocycles. The second-order valence-electron chi connectivity index (χ2n) is 4.83. The van der Waals surface area contributed by atoms with E-state index in [0.29, 0.717) is 23.9 Å². The molecule has 0 saturated carbocycles. The molecule has 0 spiro atoms. The van der Waals surface area contributed by atoms with Gasteiger partial charge in [0.15, 0.2) is 0 Å². The number of hydrogen-bond donors (Lipinski definition) is 2. The van der Waals surface area contributed by atoms with Gasteiger partial charge in [0.05, 0.1) is 0 Å². The summed E-state index contributed by atoms with van der Waals surface area (Å²) in [5.74, 6) is 0.0978. The summed E-state index contributed by atoms with van der Waals surface area (Å²) in [5.41, 5.74) is 1.07. The van der Waals surface area contributed by atoms with E-state index in [1.807, 2.05) is 18.2 Å². The average molecular weight is 382 g/mol. The van der Waals surface area contributed by atoms with Gasteiger partial charge in [-0.3, -0.25) is 4.79 Å². The first-order valence-corrected chi connectivity index (χ1v) is 7.76. The number of hydrogen-bond acceptors (Lipinski definition) is 2. The molecule has 6 heteroatoms. The smallest absolute Gasteiger partial charge is 0.220 e. The van der Waals surface area contributed by atoms with Crippen LogP contribution in [0.5, 0.6) is 0 Å². The number of benzene rings is 1. The SMILES string of the molecule is Cl.O=C(CCc1cc(Cl)ccc1Br)NCC1CCCN1. The maximum absolute atomic E-state index is 11.8. The summed E-state index contributed by atoms with van der Waals surface area (Å²) in [5, 5.41) is 7.04. The van der Waals surface area contributed by atoms with Crippen molar-refractivity contribution in [3.8, 4) is 0 Å². The van der Waals surface area contributed by atoms with Crippen LogP contribution in [0.2, 0.25) is 5.02 Å². The third kappa shape index (κ3) is 5.60. The molecule has 0 aromatic heterocycles. The minimum absolute atomic E-state index is 0.